The fourth-order valence-electron chi connectivity index (χ4n) is 1.49. The number of nitrogen functional groups attached to an aromatic ring is 1. The van der Waals surface area contributed by atoms with Crippen LogP contribution in [0.5, 0.6) is 5.75 Å². The average molecular weight is 250 g/mol. The predicted molar refractivity (Wildman–Crippen MR) is 73.8 cm³/mol. The minimum absolute atomic E-state index is 0.105. The number of anilines is 1. The van der Waals surface area contributed by atoms with Crippen molar-refractivity contribution in [2.24, 2.45) is 5.92 Å². The van der Waals surface area contributed by atoms with Crippen molar-refractivity contribution in [3.05, 3.63) is 23.8 Å². The molecule has 1 unspecified atom stereocenters. The Labute approximate surface area is 109 Å². The fraction of sp³-hybridized carbons (Fsp3) is 0.500. The van der Waals surface area contributed by atoms with E-state index in [4.69, 9.17) is 10.5 Å². The SMILES string of the molecule is CCOc1c(N)cccc1C(=O)NC(C)C(C)C. The van der Waals surface area contributed by atoms with Crippen molar-refractivity contribution in [2.45, 2.75) is 33.7 Å². The van der Waals surface area contributed by atoms with E-state index < -0.39 is 0 Å². The van der Waals surface area contributed by atoms with E-state index in [9.17, 15) is 4.79 Å². The number of carbonyl (C=O) groups excluding carboxylic acids is 1. The van der Waals surface area contributed by atoms with Gasteiger partial charge in [-0.05, 0) is 31.9 Å². The summed E-state index contributed by atoms with van der Waals surface area (Å²) in [7, 11) is 0. The average Bonchev–Trinajstić information content (AvgIpc) is 2.31. The van der Waals surface area contributed by atoms with Gasteiger partial charge in [0.05, 0.1) is 17.9 Å². The topological polar surface area (TPSA) is 64.3 Å². The molecule has 0 fully saturated rings. The van der Waals surface area contributed by atoms with Crippen LogP contribution in [0.4, 0.5) is 5.69 Å². The van der Waals surface area contributed by atoms with Gasteiger partial charge in [0.15, 0.2) is 5.75 Å². The second-order valence-corrected chi connectivity index (χ2v) is 4.66. The maximum atomic E-state index is 12.2. The minimum atomic E-state index is -0.146. The van der Waals surface area contributed by atoms with Crippen LogP contribution in [0.1, 0.15) is 38.1 Å². The van der Waals surface area contributed by atoms with Gasteiger partial charge in [0.25, 0.3) is 5.91 Å². The first-order valence-corrected chi connectivity index (χ1v) is 6.29. The van der Waals surface area contributed by atoms with Crippen molar-refractivity contribution in [1.82, 2.24) is 5.32 Å². The van der Waals surface area contributed by atoms with E-state index in [0.29, 0.717) is 29.5 Å². The van der Waals surface area contributed by atoms with Gasteiger partial charge in [0.2, 0.25) is 0 Å². The molecule has 0 aliphatic carbocycles. The molecular weight excluding hydrogens is 228 g/mol. The van der Waals surface area contributed by atoms with E-state index in [0.717, 1.165) is 0 Å². The molecule has 0 aromatic heterocycles. The van der Waals surface area contributed by atoms with Crippen LogP contribution in [0.2, 0.25) is 0 Å². The summed E-state index contributed by atoms with van der Waals surface area (Å²) in [6.07, 6.45) is 0. The van der Waals surface area contributed by atoms with Crippen molar-refractivity contribution in [1.29, 1.82) is 0 Å². The largest absolute Gasteiger partial charge is 0.491 e. The number of para-hydroxylation sites is 1. The smallest absolute Gasteiger partial charge is 0.255 e. The van der Waals surface area contributed by atoms with Crippen LogP contribution in [0, 0.1) is 5.92 Å². The van der Waals surface area contributed by atoms with Crippen LogP contribution in [0.25, 0.3) is 0 Å². The lowest BCUT2D eigenvalue weighted by molar-refractivity contribution is 0.0927. The second kappa shape index (κ2) is 6.28. The first kappa shape index (κ1) is 14.4. The molecular formula is C14H22N2O2. The lowest BCUT2D eigenvalue weighted by atomic mass is 10.1. The Morgan fingerprint density at radius 2 is 2.06 bits per heavy atom. The summed E-state index contributed by atoms with van der Waals surface area (Å²) in [5, 5.41) is 2.95. The minimum Gasteiger partial charge on any atom is -0.491 e. The molecule has 0 radical (unpaired) electrons. The summed E-state index contributed by atoms with van der Waals surface area (Å²) in [4.78, 5) is 12.2. The molecule has 100 valence electrons. The highest BCUT2D eigenvalue weighted by atomic mass is 16.5. The van der Waals surface area contributed by atoms with Gasteiger partial charge in [-0.15, -0.1) is 0 Å². The summed E-state index contributed by atoms with van der Waals surface area (Å²) in [5.74, 6) is 0.700. The normalized spacial score (nSPS) is 12.3. The van der Waals surface area contributed by atoms with Crippen LogP contribution >= 0.6 is 0 Å². The summed E-state index contributed by atoms with van der Waals surface area (Å²) >= 11 is 0. The van der Waals surface area contributed by atoms with E-state index in [1.165, 1.54) is 0 Å². The summed E-state index contributed by atoms with van der Waals surface area (Å²) in [6.45, 7) is 8.45. The standard InChI is InChI=1S/C14H22N2O2/c1-5-18-13-11(7-6-8-12(13)15)14(17)16-10(4)9(2)3/h6-10H,5,15H2,1-4H3,(H,16,17). The Balaban J connectivity index is 2.95. The molecule has 4 heteroatoms. The van der Waals surface area contributed by atoms with Gasteiger partial charge < -0.3 is 15.8 Å². The van der Waals surface area contributed by atoms with Crippen LogP contribution in [-0.2, 0) is 0 Å². The Bertz CT molecular complexity index is 416. The molecule has 0 aliphatic rings. The number of ether oxygens (including phenoxy) is 1. The molecule has 0 spiro atoms. The molecule has 0 aliphatic heterocycles. The van der Waals surface area contributed by atoms with E-state index in [1.54, 1.807) is 18.2 Å². The van der Waals surface area contributed by atoms with Crippen molar-refractivity contribution >= 4 is 11.6 Å². The van der Waals surface area contributed by atoms with E-state index in [2.05, 4.69) is 19.2 Å². The van der Waals surface area contributed by atoms with Gasteiger partial charge in [0, 0.05) is 6.04 Å². The number of hydrogen-bond acceptors (Lipinski definition) is 3. The molecule has 0 bridgehead atoms. The van der Waals surface area contributed by atoms with Gasteiger partial charge in [0.1, 0.15) is 0 Å². The number of amides is 1. The van der Waals surface area contributed by atoms with Crippen LogP contribution < -0.4 is 15.8 Å². The number of nitrogens with one attached hydrogen (secondary N) is 1. The predicted octanol–water partition coefficient (Wildman–Crippen LogP) is 2.44. The molecule has 1 aromatic carbocycles. The van der Waals surface area contributed by atoms with Gasteiger partial charge in [-0.1, -0.05) is 19.9 Å². The van der Waals surface area contributed by atoms with Crippen molar-refractivity contribution < 1.29 is 9.53 Å². The molecule has 1 atom stereocenters. The van der Waals surface area contributed by atoms with Gasteiger partial charge in [-0.2, -0.15) is 0 Å². The highest BCUT2D eigenvalue weighted by molar-refractivity contribution is 5.98. The molecule has 1 amide bonds. The van der Waals surface area contributed by atoms with Gasteiger partial charge >= 0.3 is 0 Å². The number of carbonyl (C=O) groups is 1. The summed E-state index contributed by atoms with van der Waals surface area (Å²) in [6, 6.07) is 5.32. The molecule has 4 nitrogen and oxygen atoms in total. The Kier molecular flexibility index (Phi) is 5.01. The number of hydrogen-bond donors (Lipinski definition) is 2. The monoisotopic (exact) mass is 250 g/mol. The zero-order valence-corrected chi connectivity index (χ0v) is 11.5. The number of nitrogens with two attached hydrogens (primary N) is 1. The molecule has 1 rings (SSSR count). The third kappa shape index (κ3) is 3.39. The molecule has 3 N–H and O–H groups in total. The molecule has 0 heterocycles. The van der Waals surface area contributed by atoms with Crippen molar-refractivity contribution in [3.8, 4) is 5.75 Å². The van der Waals surface area contributed by atoms with Crippen LogP contribution in [0.3, 0.4) is 0 Å². The van der Waals surface area contributed by atoms with Gasteiger partial charge in [-0.3, -0.25) is 4.79 Å². The number of benzene rings is 1. The fourth-order valence-corrected chi connectivity index (χ4v) is 1.49. The summed E-state index contributed by atoms with van der Waals surface area (Å²) in [5.41, 5.74) is 6.81. The Morgan fingerprint density at radius 3 is 2.61 bits per heavy atom. The lowest BCUT2D eigenvalue weighted by Gasteiger charge is -2.19. The van der Waals surface area contributed by atoms with E-state index in [-0.39, 0.29) is 11.9 Å². The van der Waals surface area contributed by atoms with E-state index in [1.807, 2.05) is 13.8 Å². The highest BCUT2D eigenvalue weighted by Gasteiger charge is 2.17. The second-order valence-electron chi connectivity index (χ2n) is 4.66. The Hall–Kier alpha value is -1.71. The maximum Gasteiger partial charge on any atom is 0.255 e. The molecule has 0 saturated heterocycles. The third-order valence-electron chi connectivity index (χ3n) is 2.94. The lowest BCUT2D eigenvalue weighted by Crippen LogP contribution is -2.36. The van der Waals surface area contributed by atoms with Crippen LogP contribution in [-0.4, -0.2) is 18.6 Å². The maximum absolute atomic E-state index is 12.2. The van der Waals surface area contributed by atoms with Crippen molar-refractivity contribution in [3.63, 3.8) is 0 Å². The third-order valence-corrected chi connectivity index (χ3v) is 2.94. The molecule has 1 aromatic rings. The molecule has 18 heavy (non-hydrogen) atoms. The zero-order chi connectivity index (χ0) is 13.7. The zero-order valence-electron chi connectivity index (χ0n) is 11.5. The van der Waals surface area contributed by atoms with Gasteiger partial charge in [-0.25, -0.2) is 0 Å². The Morgan fingerprint density at radius 1 is 1.39 bits per heavy atom. The quantitative estimate of drug-likeness (QED) is 0.789. The first-order chi connectivity index (χ1) is 8.47. The first-order valence-electron chi connectivity index (χ1n) is 6.29. The summed E-state index contributed by atoms with van der Waals surface area (Å²) < 4.78 is 5.45. The highest BCUT2D eigenvalue weighted by Crippen LogP contribution is 2.26. The van der Waals surface area contributed by atoms with E-state index >= 15 is 0 Å². The van der Waals surface area contributed by atoms with Crippen molar-refractivity contribution in [2.75, 3.05) is 12.3 Å². The number of rotatable bonds is 5. The molecule has 0 saturated carbocycles. The van der Waals surface area contributed by atoms with Crippen LogP contribution in [0.15, 0.2) is 18.2 Å².